The van der Waals surface area contributed by atoms with E-state index in [1.165, 1.54) is 0 Å². The lowest BCUT2D eigenvalue weighted by atomic mass is 10.1. The first kappa shape index (κ1) is 15.0. The Morgan fingerprint density at radius 2 is 2.00 bits per heavy atom. The molecule has 1 saturated heterocycles. The third kappa shape index (κ3) is 3.81. The molecule has 0 bridgehead atoms. The van der Waals surface area contributed by atoms with Gasteiger partial charge in [-0.3, -0.25) is 19.7 Å². The average molecular weight is 290 g/mol. The van der Waals surface area contributed by atoms with Crippen molar-refractivity contribution in [3.8, 4) is 5.75 Å². The van der Waals surface area contributed by atoms with Crippen molar-refractivity contribution in [3.05, 3.63) is 29.3 Å². The van der Waals surface area contributed by atoms with Gasteiger partial charge >= 0.3 is 0 Å². The minimum atomic E-state index is -0.670. The van der Waals surface area contributed by atoms with Crippen molar-refractivity contribution in [2.45, 2.75) is 32.7 Å². The first-order valence-corrected chi connectivity index (χ1v) is 6.79. The van der Waals surface area contributed by atoms with Crippen molar-refractivity contribution in [2.24, 2.45) is 0 Å². The number of hydrogen-bond donors (Lipinski definition) is 2. The molecule has 0 spiro atoms. The second-order valence-electron chi connectivity index (χ2n) is 5.08. The van der Waals surface area contributed by atoms with Crippen LogP contribution in [0.2, 0.25) is 0 Å². The molecule has 1 atom stereocenters. The molecule has 0 aromatic heterocycles. The fourth-order valence-electron chi connectivity index (χ4n) is 2.23. The highest BCUT2D eigenvalue weighted by Gasteiger charge is 2.27. The van der Waals surface area contributed by atoms with E-state index in [9.17, 15) is 14.4 Å². The molecule has 0 saturated carbocycles. The van der Waals surface area contributed by atoms with Crippen molar-refractivity contribution in [1.29, 1.82) is 0 Å². The molecule has 1 aromatic carbocycles. The third-order valence-electron chi connectivity index (χ3n) is 3.33. The predicted molar refractivity (Wildman–Crippen MR) is 75.7 cm³/mol. The second-order valence-corrected chi connectivity index (χ2v) is 5.08. The maximum atomic E-state index is 11.8. The molecule has 1 aliphatic rings. The summed E-state index contributed by atoms with van der Waals surface area (Å²) < 4.78 is 5.52. The number of benzene rings is 1. The Bertz CT molecular complexity index is 563. The van der Waals surface area contributed by atoms with Crippen molar-refractivity contribution in [3.63, 3.8) is 0 Å². The van der Waals surface area contributed by atoms with E-state index in [-0.39, 0.29) is 24.8 Å². The van der Waals surface area contributed by atoms with Gasteiger partial charge in [0.25, 0.3) is 5.91 Å². The molecule has 112 valence electrons. The average Bonchev–Trinajstić information content (AvgIpc) is 2.41. The summed E-state index contributed by atoms with van der Waals surface area (Å²) in [6.07, 6.45) is 0.550. The monoisotopic (exact) mass is 290 g/mol. The molecular formula is C15H18N2O4. The molecule has 2 rings (SSSR count). The number of piperidine rings is 1. The predicted octanol–water partition coefficient (Wildman–Crippen LogP) is 0.604. The highest BCUT2D eigenvalue weighted by molar-refractivity contribution is 6.01. The summed E-state index contributed by atoms with van der Waals surface area (Å²) in [5.74, 6) is -0.480. The van der Waals surface area contributed by atoms with E-state index >= 15 is 0 Å². The van der Waals surface area contributed by atoms with Crippen LogP contribution < -0.4 is 15.4 Å². The Hall–Kier alpha value is -2.37. The molecule has 3 amide bonds. The van der Waals surface area contributed by atoms with Crippen LogP contribution >= 0.6 is 0 Å². The van der Waals surface area contributed by atoms with Crippen LogP contribution in [-0.4, -0.2) is 30.4 Å². The highest BCUT2D eigenvalue weighted by Crippen LogP contribution is 2.22. The number of carbonyl (C=O) groups excluding carboxylic acids is 3. The fourth-order valence-corrected chi connectivity index (χ4v) is 2.23. The van der Waals surface area contributed by atoms with E-state index in [1.807, 2.05) is 32.0 Å². The summed E-state index contributed by atoms with van der Waals surface area (Å²) in [5.41, 5.74) is 1.90. The van der Waals surface area contributed by atoms with Crippen LogP contribution in [0.5, 0.6) is 5.75 Å². The third-order valence-corrected chi connectivity index (χ3v) is 3.33. The van der Waals surface area contributed by atoms with E-state index in [1.54, 1.807) is 0 Å². The molecule has 2 N–H and O–H groups in total. The zero-order valence-electron chi connectivity index (χ0n) is 12.1. The normalized spacial score (nSPS) is 18.1. The molecule has 1 aromatic rings. The van der Waals surface area contributed by atoms with Gasteiger partial charge in [-0.1, -0.05) is 18.2 Å². The Balaban J connectivity index is 1.88. The lowest BCUT2D eigenvalue weighted by molar-refractivity contribution is -0.137. The Labute approximate surface area is 122 Å². The maximum Gasteiger partial charge on any atom is 0.258 e. The number of rotatable bonds is 4. The standard InChI is InChI=1S/C15H18N2O4/c1-9-4-3-5-10(2)14(9)21-8-13(19)16-11-6-7-12(18)17-15(11)20/h3-5,11H,6-8H2,1-2H3,(H,16,19)(H,17,18,20). The first-order chi connectivity index (χ1) is 9.97. The van der Waals surface area contributed by atoms with Gasteiger partial charge in [0.15, 0.2) is 6.61 Å². The molecule has 0 radical (unpaired) electrons. The number of imide groups is 1. The topological polar surface area (TPSA) is 84.5 Å². The van der Waals surface area contributed by atoms with Crippen LogP contribution in [-0.2, 0) is 14.4 Å². The van der Waals surface area contributed by atoms with E-state index in [0.29, 0.717) is 12.2 Å². The van der Waals surface area contributed by atoms with Gasteiger partial charge in [-0.2, -0.15) is 0 Å². The second kappa shape index (κ2) is 6.39. The van der Waals surface area contributed by atoms with Crippen LogP contribution in [0.1, 0.15) is 24.0 Å². The Morgan fingerprint density at radius 3 is 2.62 bits per heavy atom. The van der Waals surface area contributed by atoms with Gasteiger partial charge in [0, 0.05) is 6.42 Å². The molecular weight excluding hydrogens is 272 g/mol. The number of hydrogen-bond acceptors (Lipinski definition) is 4. The zero-order chi connectivity index (χ0) is 15.4. The minimum Gasteiger partial charge on any atom is -0.483 e. The van der Waals surface area contributed by atoms with Crippen molar-refractivity contribution >= 4 is 17.7 Å². The molecule has 0 aliphatic carbocycles. The van der Waals surface area contributed by atoms with Crippen LogP contribution in [0.25, 0.3) is 0 Å². The van der Waals surface area contributed by atoms with E-state index in [0.717, 1.165) is 11.1 Å². The number of ether oxygens (including phenoxy) is 1. The summed E-state index contributed by atoms with van der Waals surface area (Å²) in [6.45, 7) is 3.64. The van der Waals surface area contributed by atoms with E-state index in [4.69, 9.17) is 4.74 Å². The van der Waals surface area contributed by atoms with Crippen LogP contribution in [0.4, 0.5) is 0 Å². The molecule has 1 aliphatic heterocycles. The number of amides is 3. The highest BCUT2D eigenvalue weighted by atomic mass is 16.5. The Kier molecular flexibility index (Phi) is 4.57. The minimum absolute atomic E-state index is 0.163. The summed E-state index contributed by atoms with van der Waals surface area (Å²) in [7, 11) is 0. The maximum absolute atomic E-state index is 11.8. The zero-order valence-corrected chi connectivity index (χ0v) is 12.1. The van der Waals surface area contributed by atoms with Gasteiger partial charge < -0.3 is 10.1 Å². The summed E-state index contributed by atoms with van der Waals surface area (Å²) in [5, 5.41) is 4.76. The van der Waals surface area contributed by atoms with Gasteiger partial charge in [-0.15, -0.1) is 0 Å². The SMILES string of the molecule is Cc1cccc(C)c1OCC(=O)NC1CCC(=O)NC1=O. The summed E-state index contributed by atoms with van der Waals surface area (Å²) in [4.78, 5) is 34.4. The van der Waals surface area contributed by atoms with Crippen molar-refractivity contribution in [1.82, 2.24) is 10.6 Å². The lowest BCUT2D eigenvalue weighted by Crippen LogP contribution is -2.53. The van der Waals surface area contributed by atoms with Gasteiger partial charge in [-0.25, -0.2) is 0 Å². The fraction of sp³-hybridized carbons (Fsp3) is 0.400. The number of carbonyl (C=O) groups is 3. The van der Waals surface area contributed by atoms with Crippen LogP contribution in [0, 0.1) is 13.8 Å². The number of nitrogens with one attached hydrogen (secondary N) is 2. The van der Waals surface area contributed by atoms with Gasteiger partial charge in [0.2, 0.25) is 11.8 Å². The molecule has 21 heavy (non-hydrogen) atoms. The summed E-state index contributed by atoms with van der Waals surface area (Å²) >= 11 is 0. The molecule has 6 heteroatoms. The molecule has 1 fully saturated rings. The van der Waals surface area contributed by atoms with Crippen LogP contribution in [0.3, 0.4) is 0 Å². The quantitative estimate of drug-likeness (QED) is 0.795. The molecule has 1 heterocycles. The lowest BCUT2D eigenvalue weighted by Gasteiger charge is -2.22. The summed E-state index contributed by atoms with van der Waals surface area (Å²) in [6, 6.07) is 5.05. The van der Waals surface area contributed by atoms with Crippen molar-refractivity contribution in [2.75, 3.05) is 6.61 Å². The van der Waals surface area contributed by atoms with Gasteiger partial charge in [0.05, 0.1) is 0 Å². The van der Waals surface area contributed by atoms with E-state index < -0.39 is 11.9 Å². The number of para-hydroxylation sites is 1. The molecule has 6 nitrogen and oxygen atoms in total. The van der Waals surface area contributed by atoms with Gasteiger partial charge in [0.1, 0.15) is 11.8 Å². The Morgan fingerprint density at radius 1 is 1.33 bits per heavy atom. The van der Waals surface area contributed by atoms with E-state index in [2.05, 4.69) is 10.6 Å². The van der Waals surface area contributed by atoms with Crippen LogP contribution in [0.15, 0.2) is 18.2 Å². The largest absolute Gasteiger partial charge is 0.483 e. The first-order valence-electron chi connectivity index (χ1n) is 6.79. The number of aryl methyl sites for hydroxylation is 2. The van der Waals surface area contributed by atoms with Gasteiger partial charge in [-0.05, 0) is 31.4 Å². The smallest absolute Gasteiger partial charge is 0.258 e. The van der Waals surface area contributed by atoms with Crippen molar-refractivity contribution < 1.29 is 19.1 Å². The molecule has 1 unspecified atom stereocenters.